The van der Waals surface area contributed by atoms with Crippen LogP contribution in [0.15, 0.2) is 18.2 Å². The van der Waals surface area contributed by atoms with Gasteiger partial charge in [-0.05, 0) is 63.0 Å². The van der Waals surface area contributed by atoms with Crippen molar-refractivity contribution in [1.29, 1.82) is 0 Å². The van der Waals surface area contributed by atoms with Gasteiger partial charge in [0.1, 0.15) is 17.1 Å². The molecule has 1 fully saturated rings. The van der Waals surface area contributed by atoms with Gasteiger partial charge in [0.05, 0.1) is 0 Å². The van der Waals surface area contributed by atoms with Gasteiger partial charge in [0.25, 0.3) is 0 Å². The molecule has 1 aliphatic heterocycles. The average molecular weight is 316 g/mol. The molecule has 0 amide bonds. The van der Waals surface area contributed by atoms with Crippen molar-refractivity contribution in [1.82, 2.24) is 0 Å². The first-order chi connectivity index (χ1) is 10.9. The second kappa shape index (κ2) is 6.03. The molecule has 1 aromatic carbocycles. The van der Waals surface area contributed by atoms with Gasteiger partial charge in [-0.1, -0.05) is 39.2 Å². The van der Waals surface area contributed by atoms with Crippen LogP contribution in [0, 0.1) is 11.3 Å². The fraction of sp³-hybridized carbons (Fsp3) is 0.714. The van der Waals surface area contributed by atoms with E-state index < -0.39 is 0 Å². The average Bonchev–Trinajstić information content (AvgIpc) is 2.46. The zero-order valence-electron chi connectivity index (χ0n) is 15.2. The van der Waals surface area contributed by atoms with Crippen LogP contribution in [0.4, 0.5) is 0 Å². The number of phenolic OH excluding ortho intramolecular Hbond substituents is 1. The van der Waals surface area contributed by atoms with Gasteiger partial charge in [-0.3, -0.25) is 0 Å². The maximum Gasteiger partial charge on any atom is 0.127 e. The Bertz CT molecular complexity index is 563. The van der Waals surface area contributed by atoms with Gasteiger partial charge in [0.15, 0.2) is 0 Å². The van der Waals surface area contributed by atoms with E-state index in [2.05, 4.69) is 27.7 Å². The molecule has 1 aliphatic carbocycles. The molecule has 0 radical (unpaired) electrons. The van der Waals surface area contributed by atoms with Gasteiger partial charge >= 0.3 is 0 Å². The lowest BCUT2D eigenvalue weighted by atomic mass is 9.58. The van der Waals surface area contributed by atoms with Crippen molar-refractivity contribution >= 4 is 0 Å². The van der Waals surface area contributed by atoms with Crippen molar-refractivity contribution < 1.29 is 9.84 Å². The lowest BCUT2D eigenvalue weighted by Crippen LogP contribution is -2.48. The number of hydrogen-bond donors (Lipinski definition) is 1. The highest BCUT2D eigenvalue weighted by atomic mass is 16.5. The smallest absolute Gasteiger partial charge is 0.127 e. The summed E-state index contributed by atoms with van der Waals surface area (Å²) >= 11 is 0. The SMILES string of the molecule is CCCCCC1(C)CCC2C(C1)c1c(O)cccc1OC2(C)C. The molecule has 0 aromatic heterocycles. The van der Waals surface area contributed by atoms with Crippen molar-refractivity contribution in [3.05, 3.63) is 23.8 Å². The van der Waals surface area contributed by atoms with Crippen molar-refractivity contribution in [2.75, 3.05) is 0 Å². The molecule has 0 spiro atoms. The first-order valence-corrected chi connectivity index (χ1v) is 9.37. The topological polar surface area (TPSA) is 29.5 Å². The Morgan fingerprint density at radius 1 is 1.22 bits per heavy atom. The first-order valence-electron chi connectivity index (χ1n) is 9.37. The number of benzene rings is 1. The van der Waals surface area contributed by atoms with Crippen LogP contribution in [0.5, 0.6) is 11.5 Å². The van der Waals surface area contributed by atoms with Crippen LogP contribution < -0.4 is 4.74 Å². The summed E-state index contributed by atoms with van der Waals surface area (Å²) in [5.74, 6) is 2.25. The molecular formula is C21H32O2. The molecule has 3 atom stereocenters. The van der Waals surface area contributed by atoms with E-state index in [1.54, 1.807) is 0 Å². The molecule has 1 heterocycles. The quantitative estimate of drug-likeness (QED) is 0.687. The standard InChI is InChI=1S/C21H32O2/c1-5-6-7-12-21(4)13-11-16-15(14-21)19-17(22)9-8-10-18(19)23-20(16,2)3/h8-10,15-16,22H,5-7,11-14H2,1-4H3. The zero-order valence-corrected chi connectivity index (χ0v) is 15.2. The van der Waals surface area contributed by atoms with Crippen LogP contribution >= 0.6 is 0 Å². The third-order valence-corrected chi connectivity index (χ3v) is 6.32. The summed E-state index contributed by atoms with van der Waals surface area (Å²) in [6.07, 6.45) is 8.93. The predicted molar refractivity (Wildman–Crippen MR) is 95.1 cm³/mol. The summed E-state index contributed by atoms with van der Waals surface area (Å²) in [5, 5.41) is 10.5. The van der Waals surface area contributed by atoms with Crippen LogP contribution in [-0.2, 0) is 0 Å². The summed E-state index contributed by atoms with van der Waals surface area (Å²) < 4.78 is 6.28. The van der Waals surface area contributed by atoms with Crippen LogP contribution in [0.25, 0.3) is 0 Å². The molecule has 1 N–H and O–H groups in total. The lowest BCUT2D eigenvalue weighted by molar-refractivity contribution is -0.0324. The minimum absolute atomic E-state index is 0.143. The molecule has 2 heteroatoms. The second-order valence-electron chi connectivity index (χ2n) is 8.62. The van der Waals surface area contributed by atoms with Crippen molar-refractivity contribution in [2.45, 2.75) is 84.2 Å². The minimum Gasteiger partial charge on any atom is -0.508 e. The molecule has 0 saturated heterocycles. The molecule has 2 nitrogen and oxygen atoms in total. The summed E-state index contributed by atoms with van der Waals surface area (Å²) in [6.45, 7) is 9.17. The highest BCUT2D eigenvalue weighted by molar-refractivity contribution is 5.49. The van der Waals surface area contributed by atoms with Gasteiger partial charge < -0.3 is 9.84 Å². The van der Waals surface area contributed by atoms with E-state index in [-0.39, 0.29) is 5.60 Å². The molecule has 3 unspecified atom stereocenters. The molecule has 23 heavy (non-hydrogen) atoms. The molecule has 1 saturated carbocycles. The Morgan fingerprint density at radius 2 is 2.00 bits per heavy atom. The van der Waals surface area contributed by atoms with Crippen LogP contribution in [0.3, 0.4) is 0 Å². The number of ether oxygens (including phenoxy) is 1. The Balaban J connectivity index is 1.90. The Morgan fingerprint density at radius 3 is 2.74 bits per heavy atom. The molecular weight excluding hydrogens is 284 g/mol. The maximum atomic E-state index is 10.5. The second-order valence-corrected chi connectivity index (χ2v) is 8.62. The summed E-state index contributed by atoms with van der Waals surface area (Å²) in [5.41, 5.74) is 1.33. The first kappa shape index (κ1) is 16.7. The number of phenols is 1. The Hall–Kier alpha value is -1.18. The molecule has 3 rings (SSSR count). The van der Waals surface area contributed by atoms with E-state index in [1.807, 2.05) is 18.2 Å². The largest absolute Gasteiger partial charge is 0.508 e. The fourth-order valence-electron chi connectivity index (χ4n) is 5.00. The molecule has 0 bridgehead atoms. The summed E-state index contributed by atoms with van der Waals surface area (Å²) in [4.78, 5) is 0. The molecule has 128 valence electrons. The number of aromatic hydroxyl groups is 1. The van der Waals surface area contributed by atoms with Gasteiger partial charge in [0, 0.05) is 11.5 Å². The molecule has 1 aromatic rings. The highest BCUT2D eigenvalue weighted by Crippen LogP contribution is 2.58. The predicted octanol–water partition coefficient (Wildman–Crippen LogP) is 6.03. The van der Waals surface area contributed by atoms with Crippen LogP contribution in [-0.4, -0.2) is 10.7 Å². The van der Waals surface area contributed by atoms with Crippen molar-refractivity contribution in [2.24, 2.45) is 11.3 Å². The van der Waals surface area contributed by atoms with E-state index in [1.165, 1.54) is 44.9 Å². The Labute approximate surface area is 141 Å². The van der Waals surface area contributed by atoms with Crippen LogP contribution in [0.2, 0.25) is 0 Å². The van der Waals surface area contributed by atoms with E-state index in [9.17, 15) is 5.11 Å². The van der Waals surface area contributed by atoms with Gasteiger partial charge in [-0.25, -0.2) is 0 Å². The maximum absolute atomic E-state index is 10.5. The van der Waals surface area contributed by atoms with Gasteiger partial charge in [-0.15, -0.1) is 0 Å². The van der Waals surface area contributed by atoms with E-state index >= 15 is 0 Å². The third-order valence-electron chi connectivity index (χ3n) is 6.32. The zero-order chi connectivity index (χ0) is 16.7. The van der Waals surface area contributed by atoms with Crippen molar-refractivity contribution in [3.63, 3.8) is 0 Å². The van der Waals surface area contributed by atoms with E-state index in [0.717, 1.165) is 11.3 Å². The number of unbranched alkanes of at least 4 members (excludes halogenated alkanes) is 2. The number of hydrogen-bond acceptors (Lipinski definition) is 2. The van der Waals surface area contributed by atoms with Crippen molar-refractivity contribution in [3.8, 4) is 11.5 Å². The van der Waals surface area contributed by atoms with E-state index in [0.29, 0.717) is 23.0 Å². The monoisotopic (exact) mass is 316 g/mol. The minimum atomic E-state index is -0.143. The summed E-state index contributed by atoms with van der Waals surface area (Å²) in [7, 11) is 0. The van der Waals surface area contributed by atoms with Gasteiger partial charge in [-0.2, -0.15) is 0 Å². The molecule has 2 aliphatic rings. The lowest BCUT2D eigenvalue weighted by Gasteiger charge is -2.52. The highest BCUT2D eigenvalue weighted by Gasteiger charge is 2.49. The van der Waals surface area contributed by atoms with Gasteiger partial charge in [0.2, 0.25) is 0 Å². The number of fused-ring (bicyclic) bond motifs is 3. The normalized spacial score (nSPS) is 31.8. The fourth-order valence-corrected chi connectivity index (χ4v) is 5.00. The van der Waals surface area contributed by atoms with Crippen LogP contribution in [0.1, 0.15) is 84.1 Å². The number of rotatable bonds is 4. The third kappa shape index (κ3) is 3.09. The Kier molecular flexibility index (Phi) is 4.37. The van der Waals surface area contributed by atoms with E-state index in [4.69, 9.17) is 4.74 Å². The summed E-state index contributed by atoms with van der Waals surface area (Å²) in [6, 6.07) is 5.74.